The highest BCUT2D eigenvalue weighted by molar-refractivity contribution is 6.31. The normalized spacial score (nSPS) is 10.6. The molecule has 0 unspecified atom stereocenters. The molecule has 28 heavy (non-hydrogen) atoms. The number of methoxy groups -OCH3 is 2. The summed E-state index contributed by atoms with van der Waals surface area (Å²) in [5.74, 6) is 1.30. The van der Waals surface area contributed by atoms with Crippen molar-refractivity contribution in [3.8, 4) is 17.2 Å². The van der Waals surface area contributed by atoms with Crippen LogP contribution in [-0.2, 0) is 0 Å². The molecule has 6 nitrogen and oxygen atoms in total. The molecule has 2 rings (SSSR count). The first-order chi connectivity index (χ1) is 13.5. The first-order valence-corrected chi connectivity index (χ1v) is 9.58. The van der Waals surface area contributed by atoms with Crippen LogP contribution >= 0.6 is 11.6 Å². The molecule has 0 spiro atoms. The van der Waals surface area contributed by atoms with E-state index in [4.69, 9.17) is 25.8 Å². The number of halogens is 1. The van der Waals surface area contributed by atoms with Crippen molar-refractivity contribution in [3.63, 3.8) is 0 Å². The van der Waals surface area contributed by atoms with E-state index >= 15 is 0 Å². The summed E-state index contributed by atoms with van der Waals surface area (Å²) in [6, 6.07) is 10.2. The number of nitrogens with zero attached hydrogens (tertiary/aromatic N) is 1. The molecule has 0 aliphatic rings. The van der Waals surface area contributed by atoms with Crippen molar-refractivity contribution in [1.29, 1.82) is 0 Å². The molecular formula is C21H27ClN2O4. The van der Waals surface area contributed by atoms with Gasteiger partial charge in [0, 0.05) is 23.3 Å². The highest BCUT2D eigenvalue weighted by Crippen LogP contribution is 2.31. The Balaban J connectivity index is 2.12. The standard InChI is InChI=1S/C21H27ClN2O4/c1-5-24(6-2)11-12-28-20-14-16(8-10-18(20)26-3)23-21(25)17-9-7-15(22)13-19(17)27-4/h7-10,13-14H,5-6,11-12H2,1-4H3,(H,23,25). The average Bonchev–Trinajstić information content (AvgIpc) is 2.71. The van der Waals surface area contributed by atoms with Gasteiger partial charge in [0.1, 0.15) is 12.4 Å². The third kappa shape index (κ3) is 5.78. The van der Waals surface area contributed by atoms with Crippen molar-refractivity contribution in [3.05, 3.63) is 47.0 Å². The number of rotatable bonds is 10. The second-order valence-corrected chi connectivity index (χ2v) is 6.48. The lowest BCUT2D eigenvalue weighted by Crippen LogP contribution is -2.28. The molecule has 1 N–H and O–H groups in total. The van der Waals surface area contributed by atoms with Gasteiger partial charge < -0.3 is 24.4 Å². The Morgan fingerprint density at radius 3 is 2.36 bits per heavy atom. The molecule has 1 amide bonds. The quantitative estimate of drug-likeness (QED) is 0.636. The average molecular weight is 407 g/mol. The fourth-order valence-corrected chi connectivity index (χ4v) is 2.90. The van der Waals surface area contributed by atoms with E-state index in [9.17, 15) is 4.79 Å². The fraction of sp³-hybridized carbons (Fsp3) is 0.381. The second kappa shape index (κ2) is 10.8. The minimum atomic E-state index is -0.298. The van der Waals surface area contributed by atoms with Gasteiger partial charge in [-0.25, -0.2) is 0 Å². The number of benzene rings is 2. The molecule has 0 heterocycles. The molecule has 0 aliphatic heterocycles. The van der Waals surface area contributed by atoms with E-state index in [1.54, 1.807) is 43.5 Å². The van der Waals surface area contributed by atoms with Crippen molar-refractivity contribution < 1.29 is 19.0 Å². The van der Waals surface area contributed by atoms with Gasteiger partial charge >= 0.3 is 0 Å². The van der Waals surface area contributed by atoms with Gasteiger partial charge in [0.05, 0.1) is 19.8 Å². The van der Waals surface area contributed by atoms with Gasteiger partial charge in [-0.3, -0.25) is 4.79 Å². The largest absolute Gasteiger partial charge is 0.496 e. The first kappa shape index (κ1) is 21.9. The van der Waals surface area contributed by atoms with Crippen molar-refractivity contribution in [1.82, 2.24) is 4.90 Å². The maximum atomic E-state index is 12.6. The van der Waals surface area contributed by atoms with Crippen LogP contribution in [0, 0.1) is 0 Å². The fourth-order valence-electron chi connectivity index (χ4n) is 2.74. The molecule has 0 bridgehead atoms. The molecule has 0 radical (unpaired) electrons. The van der Waals surface area contributed by atoms with Gasteiger partial charge in [0.25, 0.3) is 5.91 Å². The van der Waals surface area contributed by atoms with E-state index < -0.39 is 0 Å². The van der Waals surface area contributed by atoms with Gasteiger partial charge in [0.2, 0.25) is 0 Å². The van der Waals surface area contributed by atoms with Crippen molar-refractivity contribution in [2.45, 2.75) is 13.8 Å². The number of hydrogen-bond donors (Lipinski definition) is 1. The van der Waals surface area contributed by atoms with Crippen molar-refractivity contribution in [2.75, 3.05) is 45.8 Å². The zero-order valence-corrected chi connectivity index (χ0v) is 17.5. The van der Waals surface area contributed by atoms with E-state index in [1.165, 1.54) is 7.11 Å². The Labute approximate surface area is 171 Å². The number of carbonyl (C=O) groups is 1. The third-order valence-electron chi connectivity index (χ3n) is 4.39. The van der Waals surface area contributed by atoms with E-state index in [0.29, 0.717) is 40.1 Å². The Bertz CT molecular complexity index is 794. The van der Waals surface area contributed by atoms with Gasteiger partial charge in [-0.05, 0) is 43.4 Å². The van der Waals surface area contributed by atoms with Crippen LogP contribution in [-0.4, -0.2) is 51.3 Å². The number of likely N-dealkylation sites (N-methyl/N-ethyl adjacent to an activating group) is 1. The zero-order valence-electron chi connectivity index (χ0n) is 16.8. The van der Waals surface area contributed by atoms with Crippen LogP contribution < -0.4 is 19.5 Å². The molecule has 0 fully saturated rings. The third-order valence-corrected chi connectivity index (χ3v) is 4.62. The van der Waals surface area contributed by atoms with E-state index in [-0.39, 0.29) is 5.91 Å². The molecule has 0 aromatic heterocycles. The highest BCUT2D eigenvalue weighted by Gasteiger charge is 2.14. The summed E-state index contributed by atoms with van der Waals surface area (Å²) in [4.78, 5) is 14.9. The molecule has 2 aromatic rings. The predicted molar refractivity (Wildman–Crippen MR) is 112 cm³/mol. The Morgan fingerprint density at radius 1 is 1.00 bits per heavy atom. The summed E-state index contributed by atoms with van der Waals surface area (Å²) in [6.07, 6.45) is 0. The van der Waals surface area contributed by atoms with Crippen LogP contribution in [0.2, 0.25) is 5.02 Å². The monoisotopic (exact) mass is 406 g/mol. The molecule has 0 saturated heterocycles. The summed E-state index contributed by atoms with van der Waals surface area (Å²) >= 11 is 5.96. The maximum absolute atomic E-state index is 12.6. The summed E-state index contributed by atoms with van der Waals surface area (Å²) in [5.41, 5.74) is 0.993. The summed E-state index contributed by atoms with van der Waals surface area (Å²) in [7, 11) is 3.08. The first-order valence-electron chi connectivity index (χ1n) is 9.20. The molecule has 0 aliphatic carbocycles. The van der Waals surface area contributed by atoms with Gasteiger partial charge in [0.15, 0.2) is 11.5 Å². The maximum Gasteiger partial charge on any atom is 0.259 e. The Kier molecular flexibility index (Phi) is 8.42. The number of amides is 1. The van der Waals surface area contributed by atoms with Crippen LogP contribution in [0.4, 0.5) is 5.69 Å². The number of carbonyl (C=O) groups excluding carboxylic acids is 1. The zero-order chi connectivity index (χ0) is 20.5. The molecular weight excluding hydrogens is 380 g/mol. The number of ether oxygens (including phenoxy) is 3. The number of anilines is 1. The number of hydrogen-bond acceptors (Lipinski definition) is 5. The lowest BCUT2D eigenvalue weighted by Gasteiger charge is -2.19. The molecule has 0 atom stereocenters. The van der Waals surface area contributed by atoms with Crippen molar-refractivity contribution >= 4 is 23.2 Å². The number of nitrogens with one attached hydrogen (secondary N) is 1. The van der Waals surface area contributed by atoms with Gasteiger partial charge in [-0.15, -0.1) is 0 Å². The van der Waals surface area contributed by atoms with Crippen molar-refractivity contribution in [2.24, 2.45) is 0 Å². The van der Waals surface area contributed by atoms with Crippen LogP contribution in [0.25, 0.3) is 0 Å². The van der Waals surface area contributed by atoms with Gasteiger partial charge in [-0.1, -0.05) is 25.4 Å². The van der Waals surface area contributed by atoms with E-state index in [2.05, 4.69) is 24.1 Å². The summed E-state index contributed by atoms with van der Waals surface area (Å²) < 4.78 is 16.5. The molecule has 7 heteroatoms. The van der Waals surface area contributed by atoms with Crippen LogP contribution in [0.15, 0.2) is 36.4 Å². The van der Waals surface area contributed by atoms with Crippen LogP contribution in [0.5, 0.6) is 17.2 Å². The topological polar surface area (TPSA) is 60.0 Å². The lowest BCUT2D eigenvalue weighted by atomic mass is 10.1. The SMILES string of the molecule is CCN(CC)CCOc1cc(NC(=O)c2ccc(Cl)cc2OC)ccc1OC. The molecule has 2 aromatic carbocycles. The second-order valence-electron chi connectivity index (χ2n) is 6.04. The van der Waals surface area contributed by atoms with Crippen LogP contribution in [0.1, 0.15) is 24.2 Å². The Morgan fingerprint density at radius 2 is 1.71 bits per heavy atom. The van der Waals surface area contributed by atoms with E-state index in [1.807, 2.05) is 0 Å². The predicted octanol–water partition coefficient (Wildman–Crippen LogP) is 4.33. The highest BCUT2D eigenvalue weighted by atomic mass is 35.5. The Hall–Kier alpha value is -2.44. The minimum Gasteiger partial charge on any atom is -0.496 e. The lowest BCUT2D eigenvalue weighted by molar-refractivity contribution is 0.102. The van der Waals surface area contributed by atoms with Crippen LogP contribution in [0.3, 0.4) is 0 Å². The smallest absolute Gasteiger partial charge is 0.259 e. The molecule has 152 valence electrons. The minimum absolute atomic E-state index is 0.298. The van der Waals surface area contributed by atoms with Gasteiger partial charge in [-0.2, -0.15) is 0 Å². The summed E-state index contributed by atoms with van der Waals surface area (Å²) in [6.45, 7) is 7.51. The van der Waals surface area contributed by atoms with E-state index in [0.717, 1.165) is 19.6 Å². The molecule has 0 saturated carbocycles. The summed E-state index contributed by atoms with van der Waals surface area (Å²) in [5, 5.41) is 3.36.